The lowest BCUT2D eigenvalue weighted by Crippen LogP contribution is -2.59. The van der Waals surface area contributed by atoms with Crippen molar-refractivity contribution in [1.82, 2.24) is 19.9 Å². The lowest BCUT2D eigenvalue weighted by Gasteiger charge is -2.36. The average Bonchev–Trinajstić information content (AvgIpc) is 3.30. The minimum Gasteiger partial charge on any atom is -0.340 e. The lowest BCUT2D eigenvalue weighted by atomic mass is 9.87. The molecular formula is C19H21F2N5OS. The highest BCUT2D eigenvalue weighted by Crippen LogP contribution is 2.33. The zero-order valence-corrected chi connectivity index (χ0v) is 16.2. The van der Waals surface area contributed by atoms with E-state index in [9.17, 15) is 13.6 Å². The number of carbonyl (C=O) groups excluding carboxylic acids is 1. The second-order valence-corrected chi connectivity index (χ2v) is 7.94. The van der Waals surface area contributed by atoms with Gasteiger partial charge in [-0.2, -0.15) is 5.10 Å². The number of alkyl halides is 2. The summed E-state index contributed by atoms with van der Waals surface area (Å²) >= 11 is 1.12. The van der Waals surface area contributed by atoms with Gasteiger partial charge in [0, 0.05) is 29.6 Å². The van der Waals surface area contributed by atoms with Crippen molar-refractivity contribution >= 4 is 22.8 Å². The van der Waals surface area contributed by atoms with E-state index in [2.05, 4.69) is 22.3 Å². The van der Waals surface area contributed by atoms with Crippen LogP contribution in [0.15, 0.2) is 29.9 Å². The summed E-state index contributed by atoms with van der Waals surface area (Å²) < 4.78 is 30.0. The zero-order valence-electron chi connectivity index (χ0n) is 15.4. The number of aromatic nitrogens is 3. The molecule has 1 aliphatic rings. The molecular weight excluding hydrogens is 384 g/mol. The van der Waals surface area contributed by atoms with Gasteiger partial charge in [0.2, 0.25) is 0 Å². The number of amides is 1. The third-order valence-corrected chi connectivity index (χ3v) is 6.02. The van der Waals surface area contributed by atoms with Gasteiger partial charge < -0.3 is 11.1 Å². The van der Waals surface area contributed by atoms with E-state index in [1.54, 1.807) is 16.1 Å². The highest BCUT2D eigenvalue weighted by Gasteiger charge is 2.46. The van der Waals surface area contributed by atoms with E-state index in [0.717, 1.165) is 34.4 Å². The maximum Gasteiger partial charge on any atom is 0.280 e. The van der Waals surface area contributed by atoms with E-state index in [1.165, 1.54) is 0 Å². The Kier molecular flexibility index (Phi) is 4.88. The Morgan fingerprint density at radius 2 is 2.29 bits per heavy atom. The van der Waals surface area contributed by atoms with Crippen LogP contribution in [0.5, 0.6) is 0 Å². The minimum atomic E-state index is -3.01. The van der Waals surface area contributed by atoms with Gasteiger partial charge in [0.05, 0.1) is 17.4 Å². The first-order valence-electron chi connectivity index (χ1n) is 9.25. The number of nitrogens with two attached hydrogens (primary N) is 1. The summed E-state index contributed by atoms with van der Waals surface area (Å²) in [4.78, 5) is 16.9. The van der Waals surface area contributed by atoms with Crippen molar-refractivity contribution in [1.29, 1.82) is 0 Å². The molecule has 4 rings (SSSR count). The van der Waals surface area contributed by atoms with E-state index >= 15 is 0 Å². The predicted molar refractivity (Wildman–Crippen MR) is 104 cm³/mol. The zero-order chi connectivity index (χ0) is 19.9. The van der Waals surface area contributed by atoms with Crippen molar-refractivity contribution in [2.75, 3.05) is 0 Å². The number of fused-ring (bicyclic) bond motifs is 1. The maximum absolute atomic E-state index is 14.1. The van der Waals surface area contributed by atoms with Gasteiger partial charge in [0.25, 0.3) is 11.8 Å². The second kappa shape index (κ2) is 7.21. The van der Waals surface area contributed by atoms with E-state index in [1.807, 2.05) is 18.3 Å². The molecule has 2 atom stereocenters. The fourth-order valence-electron chi connectivity index (χ4n) is 3.56. The molecule has 3 heterocycles. The summed E-state index contributed by atoms with van der Waals surface area (Å²) in [6.45, 7) is 2.07. The molecule has 0 radical (unpaired) electrons. The number of rotatable bonds is 4. The Labute approximate surface area is 164 Å². The fourth-order valence-corrected chi connectivity index (χ4v) is 4.28. The Morgan fingerprint density at radius 3 is 3.04 bits per heavy atom. The van der Waals surface area contributed by atoms with Gasteiger partial charge in [-0.1, -0.05) is 13.0 Å². The van der Waals surface area contributed by atoms with Crippen LogP contribution in [0.3, 0.4) is 0 Å². The Bertz CT molecular complexity index is 1010. The van der Waals surface area contributed by atoms with E-state index in [0.29, 0.717) is 18.5 Å². The molecule has 0 saturated heterocycles. The number of thiazole rings is 1. The van der Waals surface area contributed by atoms with Gasteiger partial charge >= 0.3 is 0 Å². The van der Waals surface area contributed by atoms with Crippen molar-refractivity contribution < 1.29 is 13.6 Å². The first-order chi connectivity index (χ1) is 13.4. The summed E-state index contributed by atoms with van der Waals surface area (Å²) in [6.07, 6.45) is 5.10. The van der Waals surface area contributed by atoms with Crippen molar-refractivity contribution in [2.24, 2.45) is 5.73 Å². The van der Waals surface area contributed by atoms with E-state index < -0.39 is 23.9 Å². The van der Waals surface area contributed by atoms with E-state index in [-0.39, 0.29) is 11.4 Å². The lowest BCUT2D eigenvalue weighted by molar-refractivity contribution is -0.0674. The van der Waals surface area contributed by atoms with Crippen LogP contribution in [-0.2, 0) is 6.42 Å². The van der Waals surface area contributed by atoms with Crippen LogP contribution in [0.4, 0.5) is 8.78 Å². The van der Waals surface area contributed by atoms with Crippen molar-refractivity contribution in [3.8, 4) is 11.3 Å². The highest BCUT2D eigenvalue weighted by atomic mass is 32.1. The smallest absolute Gasteiger partial charge is 0.280 e. The molecule has 3 aromatic rings. The number of hydrogen-bond donors (Lipinski definition) is 2. The largest absolute Gasteiger partial charge is 0.340 e. The predicted octanol–water partition coefficient (Wildman–Crippen LogP) is 3.27. The van der Waals surface area contributed by atoms with E-state index in [4.69, 9.17) is 5.73 Å². The normalized spacial score (nSPS) is 21.7. The molecule has 0 aromatic carbocycles. The van der Waals surface area contributed by atoms with Gasteiger partial charge in [-0.15, -0.1) is 11.3 Å². The monoisotopic (exact) mass is 405 g/mol. The van der Waals surface area contributed by atoms with Crippen LogP contribution < -0.4 is 11.1 Å². The minimum absolute atomic E-state index is 0.133. The summed E-state index contributed by atoms with van der Waals surface area (Å²) in [5, 5.41) is 8.61. The second-order valence-electron chi connectivity index (χ2n) is 7.09. The van der Waals surface area contributed by atoms with Gasteiger partial charge in [-0.25, -0.2) is 18.3 Å². The number of pyridine rings is 1. The summed E-state index contributed by atoms with van der Waals surface area (Å²) in [5.41, 5.74) is 9.24. The van der Waals surface area contributed by atoms with Crippen LogP contribution in [0.25, 0.3) is 16.8 Å². The average molecular weight is 405 g/mol. The fraction of sp³-hybridized carbons (Fsp3) is 0.421. The summed E-state index contributed by atoms with van der Waals surface area (Å²) in [7, 11) is 0. The molecule has 9 heteroatoms. The standard InChI is InChI=1S/C19H21F2N5OS/c1-2-11-5-6-15-12(8-23-26(15)9-11)14-10-28-18(24-14)17(27)25-16-13(22)4-3-7-19(16,20)21/h5-6,8-10,13,16H,2-4,7,22H2,1H3,(H,25,27)/t13-,16+/m0/s1. The van der Waals surface area contributed by atoms with Crippen LogP contribution >= 0.6 is 11.3 Å². The van der Waals surface area contributed by atoms with Crippen LogP contribution in [0.1, 0.15) is 41.6 Å². The molecule has 148 valence electrons. The van der Waals surface area contributed by atoms with Crippen molar-refractivity contribution in [3.63, 3.8) is 0 Å². The van der Waals surface area contributed by atoms with Crippen LogP contribution in [-0.4, -0.2) is 38.5 Å². The number of nitrogens with zero attached hydrogens (tertiary/aromatic N) is 3. The molecule has 1 fully saturated rings. The number of carbonyl (C=O) groups is 1. The Morgan fingerprint density at radius 1 is 1.46 bits per heavy atom. The molecule has 3 aromatic heterocycles. The molecule has 28 heavy (non-hydrogen) atoms. The van der Waals surface area contributed by atoms with Gasteiger partial charge in [0.15, 0.2) is 5.01 Å². The number of nitrogens with one attached hydrogen (secondary N) is 1. The topological polar surface area (TPSA) is 85.3 Å². The molecule has 0 aliphatic heterocycles. The number of halogens is 2. The highest BCUT2D eigenvalue weighted by molar-refractivity contribution is 7.12. The van der Waals surface area contributed by atoms with Crippen molar-refractivity contribution in [2.45, 2.75) is 50.6 Å². The molecule has 1 amide bonds. The quantitative estimate of drug-likeness (QED) is 0.698. The summed E-state index contributed by atoms with van der Waals surface area (Å²) in [6, 6.07) is 1.85. The number of hydrogen-bond acceptors (Lipinski definition) is 5. The van der Waals surface area contributed by atoms with Gasteiger partial charge in [0.1, 0.15) is 6.04 Å². The molecule has 0 bridgehead atoms. The van der Waals surface area contributed by atoms with Crippen LogP contribution in [0, 0.1) is 0 Å². The molecule has 0 spiro atoms. The molecule has 1 aliphatic carbocycles. The third kappa shape index (κ3) is 3.40. The Balaban J connectivity index is 1.57. The molecule has 1 saturated carbocycles. The first-order valence-corrected chi connectivity index (χ1v) is 10.1. The van der Waals surface area contributed by atoms with Gasteiger partial charge in [-0.3, -0.25) is 4.79 Å². The summed E-state index contributed by atoms with van der Waals surface area (Å²) in [5.74, 6) is -3.63. The van der Waals surface area contributed by atoms with Gasteiger partial charge in [-0.05, 0) is 30.9 Å². The SMILES string of the molecule is CCc1ccc2c(-c3csc(C(=O)N[C@@H]4[C@@H](N)CCCC4(F)F)n3)cnn2c1. The number of aryl methyl sites for hydroxylation is 1. The Hall–Kier alpha value is -2.39. The first kappa shape index (κ1) is 18.9. The molecule has 3 N–H and O–H groups in total. The third-order valence-electron chi connectivity index (χ3n) is 5.18. The molecule has 0 unspecified atom stereocenters. The van der Waals surface area contributed by atoms with Crippen LogP contribution in [0.2, 0.25) is 0 Å². The molecule has 6 nitrogen and oxygen atoms in total. The maximum atomic E-state index is 14.1. The van der Waals surface area contributed by atoms with Crippen molar-refractivity contribution in [3.05, 3.63) is 40.5 Å².